The van der Waals surface area contributed by atoms with Gasteiger partial charge in [-0.2, -0.15) is 0 Å². The number of ether oxygens (including phenoxy) is 1. The van der Waals surface area contributed by atoms with Crippen LogP contribution in [0.5, 0.6) is 0 Å². The van der Waals surface area contributed by atoms with Gasteiger partial charge in [-0.15, -0.1) is 0 Å². The zero-order chi connectivity index (χ0) is 24.8. The number of rotatable bonds is 5. The minimum absolute atomic E-state index is 0.204. The first kappa shape index (κ1) is 23.2. The molecule has 36 heavy (non-hydrogen) atoms. The molecule has 0 aliphatic carbocycles. The lowest BCUT2D eigenvalue weighted by Gasteiger charge is -2.36. The molecular formula is C28H35N7O. The molecule has 1 aromatic carbocycles. The van der Waals surface area contributed by atoms with Gasteiger partial charge < -0.3 is 19.9 Å². The normalized spacial score (nSPS) is 26.0. The summed E-state index contributed by atoms with van der Waals surface area (Å²) in [6.45, 7) is 10.4. The smallest absolute Gasteiger partial charge is 0.227 e. The minimum Gasteiger partial charge on any atom is -0.372 e. The number of anilines is 4. The average molecular weight is 486 g/mol. The van der Waals surface area contributed by atoms with Gasteiger partial charge in [-0.25, -0.2) is 15.0 Å². The highest BCUT2D eigenvalue weighted by Crippen LogP contribution is 2.36. The Morgan fingerprint density at radius 1 is 0.944 bits per heavy atom. The first-order valence-corrected chi connectivity index (χ1v) is 13.0. The van der Waals surface area contributed by atoms with E-state index in [0.29, 0.717) is 18.0 Å². The molecule has 5 heterocycles. The second-order valence-corrected chi connectivity index (χ2v) is 10.6. The maximum Gasteiger partial charge on any atom is 0.227 e. The third kappa shape index (κ3) is 4.51. The van der Waals surface area contributed by atoms with Crippen molar-refractivity contribution in [1.82, 2.24) is 19.9 Å². The molecule has 188 valence electrons. The molecule has 2 aromatic heterocycles. The van der Waals surface area contributed by atoms with Gasteiger partial charge >= 0.3 is 0 Å². The highest BCUT2D eigenvalue weighted by Gasteiger charge is 2.41. The summed E-state index contributed by atoms with van der Waals surface area (Å²) in [7, 11) is 2.24. The largest absolute Gasteiger partial charge is 0.372 e. The number of hydrogen-bond donors (Lipinski definition) is 1. The van der Waals surface area contributed by atoms with Crippen molar-refractivity contribution in [2.75, 3.05) is 48.3 Å². The van der Waals surface area contributed by atoms with Gasteiger partial charge in [0, 0.05) is 67.6 Å². The molecule has 0 amide bonds. The van der Waals surface area contributed by atoms with Crippen LogP contribution < -0.4 is 15.1 Å². The van der Waals surface area contributed by atoms with Crippen LogP contribution in [0.4, 0.5) is 23.1 Å². The third-order valence-electron chi connectivity index (χ3n) is 7.72. The van der Waals surface area contributed by atoms with Crippen LogP contribution in [0, 0.1) is 6.92 Å². The zero-order valence-electron chi connectivity index (χ0n) is 21.6. The highest BCUT2D eigenvalue weighted by atomic mass is 16.5. The van der Waals surface area contributed by atoms with Crippen molar-refractivity contribution in [3.05, 3.63) is 54.4 Å². The maximum absolute atomic E-state index is 5.85. The van der Waals surface area contributed by atoms with E-state index < -0.39 is 0 Å². The Kier molecular flexibility index (Phi) is 6.01. The molecule has 3 saturated heterocycles. The van der Waals surface area contributed by atoms with Crippen LogP contribution in [0.2, 0.25) is 0 Å². The molecule has 0 radical (unpaired) electrons. The number of aromatic nitrogens is 3. The number of nitrogens with one attached hydrogen (secondary N) is 1. The van der Waals surface area contributed by atoms with Crippen molar-refractivity contribution in [2.24, 2.45) is 0 Å². The molecule has 8 heteroatoms. The minimum atomic E-state index is 0.204. The molecule has 1 N–H and O–H groups in total. The number of likely N-dealkylation sites (N-methyl/N-ethyl adjacent to an activating group) is 1. The third-order valence-corrected chi connectivity index (χ3v) is 7.72. The van der Waals surface area contributed by atoms with Gasteiger partial charge in [-0.05, 0) is 76.2 Å². The van der Waals surface area contributed by atoms with Crippen molar-refractivity contribution in [2.45, 2.75) is 51.5 Å². The number of nitrogens with zero attached hydrogens (tertiary/aromatic N) is 6. The Morgan fingerprint density at radius 3 is 2.44 bits per heavy atom. The quantitative estimate of drug-likeness (QED) is 0.579. The lowest BCUT2D eigenvalue weighted by molar-refractivity contribution is -0.00545. The van der Waals surface area contributed by atoms with Crippen LogP contribution in [0.1, 0.15) is 25.8 Å². The average Bonchev–Trinajstić information content (AvgIpc) is 3.43. The first-order chi connectivity index (χ1) is 17.4. The molecule has 3 aliphatic rings. The molecule has 3 aromatic rings. The number of piperazine rings is 1. The topological polar surface area (TPSA) is 69.6 Å². The van der Waals surface area contributed by atoms with E-state index in [2.05, 4.69) is 83.2 Å². The van der Waals surface area contributed by atoms with Crippen LogP contribution in [0.25, 0.3) is 11.3 Å². The van der Waals surface area contributed by atoms with Gasteiger partial charge in [0.05, 0.1) is 17.9 Å². The Balaban J connectivity index is 1.15. The Bertz CT molecular complexity index is 1220. The lowest BCUT2D eigenvalue weighted by Crippen LogP contribution is -2.45. The molecule has 2 bridgehead atoms. The summed E-state index contributed by atoms with van der Waals surface area (Å²) in [5.41, 5.74) is 5.43. The van der Waals surface area contributed by atoms with E-state index in [1.165, 1.54) is 17.7 Å². The summed E-state index contributed by atoms with van der Waals surface area (Å²) < 4.78 is 5.85. The van der Waals surface area contributed by atoms with Crippen LogP contribution in [-0.4, -0.2) is 77.4 Å². The zero-order valence-corrected chi connectivity index (χ0v) is 21.6. The number of pyridine rings is 1. The molecule has 8 nitrogen and oxygen atoms in total. The fourth-order valence-electron chi connectivity index (χ4n) is 6.01. The van der Waals surface area contributed by atoms with E-state index in [4.69, 9.17) is 14.7 Å². The van der Waals surface area contributed by atoms with Crippen molar-refractivity contribution in [1.29, 1.82) is 0 Å². The molecular weight excluding hydrogens is 450 g/mol. The van der Waals surface area contributed by atoms with E-state index in [1.54, 1.807) is 6.20 Å². The fourth-order valence-corrected chi connectivity index (χ4v) is 6.01. The van der Waals surface area contributed by atoms with Crippen molar-refractivity contribution in [3.8, 4) is 11.3 Å². The second-order valence-electron chi connectivity index (χ2n) is 10.6. The summed E-state index contributed by atoms with van der Waals surface area (Å²) >= 11 is 0. The Morgan fingerprint density at radius 2 is 1.78 bits per heavy atom. The van der Waals surface area contributed by atoms with Gasteiger partial charge in [-0.3, -0.25) is 4.90 Å². The Hall–Kier alpha value is -3.23. The predicted octanol–water partition coefficient (Wildman–Crippen LogP) is 4.10. The molecule has 0 saturated carbocycles. The van der Waals surface area contributed by atoms with Crippen molar-refractivity contribution < 1.29 is 4.74 Å². The van der Waals surface area contributed by atoms with E-state index in [0.717, 1.165) is 48.9 Å². The van der Waals surface area contributed by atoms with Crippen molar-refractivity contribution in [3.63, 3.8) is 0 Å². The summed E-state index contributed by atoms with van der Waals surface area (Å²) in [5, 5.41) is 3.40. The van der Waals surface area contributed by atoms with Gasteiger partial charge in [0.15, 0.2) is 0 Å². The predicted molar refractivity (Wildman–Crippen MR) is 144 cm³/mol. The molecule has 0 spiro atoms. The summed E-state index contributed by atoms with van der Waals surface area (Å²) in [6.07, 6.45) is 5.37. The van der Waals surface area contributed by atoms with Crippen LogP contribution >= 0.6 is 0 Å². The maximum atomic E-state index is 5.85. The van der Waals surface area contributed by atoms with Gasteiger partial charge in [0.1, 0.15) is 5.82 Å². The number of aryl methyl sites for hydroxylation is 1. The number of benzene rings is 1. The molecule has 3 aliphatic heterocycles. The number of hydrogen-bond acceptors (Lipinski definition) is 8. The van der Waals surface area contributed by atoms with E-state index >= 15 is 0 Å². The number of fused-ring (bicyclic) bond motifs is 2. The lowest BCUT2D eigenvalue weighted by atomic mass is 10.1. The van der Waals surface area contributed by atoms with Crippen LogP contribution in [-0.2, 0) is 4.74 Å². The summed E-state index contributed by atoms with van der Waals surface area (Å²) in [6, 6.07) is 14.0. The SMILES string of the molecule is Cc1cc(Nc2nccc(-c3ccc(N4CC(C)OC(C)C4)nc3)n2)ccc1N1C[C@@H]2C[C@H]1CN2C. The molecule has 4 atom stereocenters. The van der Waals surface area contributed by atoms with Gasteiger partial charge in [-0.1, -0.05) is 0 Å². The monoisotopic (exact) mass is 485 g/mol. The van der Waals surface area contributed by atoms with Gasteiger partial charge in [0.25, 0.3) is 0 Å². The van der Waals surface area contributed by atoms with Crippen LogP contribution in [0.3, 0.4) is 0 Å². The first-order valence-electron chi connectivity index (χ1n) is 13.0. The number of morpholine rings is 1. The standard InChI is InChI=1S/C28H35N7O/c1-18-11-22(6-7-26(18)35-17-23-12-24(35)16-33(23)4)31-28-29-10-9-25(32-28)21-5-8-27(30-13-21)34-14-19(2)36-20(3)15-34/h5-11,13,19-20,23-24H,12,14-17H2,1-4H3,(H,29,31,32)/t19?,20?,23-,24-/m0/s1. The second kappa shape index (κ2) is 9.33. The van der Waals surface area contributed by atoms with Crippen molar-refractivity contribution >= 4 is 23.1 Å². The van der Waals surface area contributed by atoms with Crippen LogP contribution in [0.15, 0.2) is 48.8 Å². The highest BCUT2D eigenvalue weighted by molar-refractivity contribution is 5.66. The molecule has 3 fully saturated rings. The van der Waals surface area contributed by atoms with E-state index in [1.807, 2.05) is 12.3 Å². The fraction of sp³-hybridized carbons (Fsp3) is 0.464. The van der Waals surface area contributed by atoms with Gasteiger partial charge in [0.2, 0.25) is 5.95 Å². The summed E-state index contributed by atoms with van der Waals surface area (Å²) in [4.78, 5) is 21.3. The number of likely N-dealkylation sites (tertiary alicyclic amines) is 1. The summed E-state index contributed by atoms with van der Waals surface area (Å²) in [5.74, 6) is 1.56. The van der Waals surface area contributed by atoms with E-state index in [-0.39, 0.29) is 12.2 Å². The molecule has 2 unspecified atom stereocenters. The Labute approximate surface area is 213 Å². The molecule has 6 rings (SSSR count). The van der Waals surface area contributed by atoms with E-state index in [9.17, 15) is 0 Å².